The lowest BCUT2D eigenvalue weighted by Crippen LogP contribution is -2.35. The summed E-state index contributed by atoms with van der Waals surface area (Å²) in [6, 6.07) is 6.66. The normalized spacial score (nSPS) is 11.8. The van der Waals surface area contributed by atoms with Crippen LogP contribution in [-0.4, -0.2) is 33.2 Å². The van der Waals surface area contributed by atoms with E-state index in [0.717, 1.165) is 0 Å². The number of carbonyl (C=O) groups excluding carboxylic acids is 1. The van der Waals surface area contributed by atoms with Crippen molar-refractivity contribution in [2.24, 2.45) is 7.05 Å². The van der Waals surface area contributed by atoms with Crippen LogP contribution >= 0.6 is 11.6 Å². The lowest BCUT2D eigenvalue weighted by Gasteiger charge is -2.15. The van der Waals surface area contributed by atoms with Crippen molar-refractivity contribution in [2.75, 3.05) is 11.9 Å². The number of halogens is 2. The van der Waals surface area contributed by atoms with E-state index >= 15 is 0 Å². The quantitative estimate of drug-likeness (QED) is 0.558. The summed E-state index contributed by atoms with van der Waals surface area (Å²) >= 11 is 5.98. The molecule has 0 radical (unpaired) electrons. The Morgan fingerprint density at radius 3 is 2.80 bits per heavy atom. The van der Waals surface area contributed by atoms with Crippen molar-refractivity contribution < 1.29 is 14.3 Å². The van der Waals surface area contributed by atoms with Gasteiger partial charge in [0.1, 0.15) is 5.82 Å². The molecule has 0 fully saturated rings. The second-order valence-corrected chi connectivity index (χ2v) is 7.22. The highest BCUT2D eigenvalue weighted by atomic mass is 35.5. The molecule has 0 aliphatic rings. The molecule has 3 rings (SSSR count). The average molecular weight is 431 g/mol. The minimum absolute atomic E-state index is 0.0798. The Labute approximate surface area is 177 Å². The highest BCUT2D eigenvalue weighted by Crippen LogP contribution is 2.27. The topological polar surface area (TPSA) is 96.2 Å². The van der Waals surface area contributed by atoms with E-state index in [9.17, 15) is 14.0 Å². The molecular weight excluding hydrogens is 411 g/mol. The van der Waals surface area contributed by atoms with Crippen molar-refractivity contribution in [1.82, 2.24) is 14.9 Å². The summed E-state index contributed by atoms with van der Waals surface area (Å²) in [6.45, 7) is 1.46. The fourth-order valence-electron chi connectivity index (χ4n) is 2.86. The number of amides is 1. The van der Waals surface area contributed by atoms with Gasteiger partial charge in [0.15, 0.2) is 0 Å². The molecule has 1 amide bonds. The van der Waals surface area contributed by atoms with Crippen LogP contribution in [0.15, 0.2) is 53.7 Å². The Morgan fingerprint density at radius 2 is 2.07 bits per heavy atom. The predicted molar refractivity (Wildman–Crippen MR) is 114 cm³/mol. The third kappa shape index (κ3) is 4.67. The average Bonchev–Trinajstić information content (AvgIpc) is 2.72. The van der Waals surface area contributed by atoms with Crippen LogP contribution in [0.25, 0.3) is 11.1 Å². The molecule has 30 heavy (non-hydrogen) atoms. The van der Waals surface area contributed by atoms with Gasteiger partial charge in [-0.05, 0) is 37.3 Å². The number of hydrogen-bond acceptors (Lipinski definition) is 5. The number of carbonyl (C=O) groups is 1. The number of nitrogens with one attached hydrogen (secondary N) is 2. The Kier molecular flexibility index (Phi) is 6.49. The molecule has 9 heteroatoms. The van der Waals surface area contributed by atoms with Gasteiger partial charge in [-0.15, -0.1) is 0 Å². The molecule has 2 heterocycles. The van der Waals surface area contributed by atoms with Crippen molar-refractivity contribution >= 4 is 28.9 Å². The zero-order chi connectivity index (χ0) is 21.8. The monoisotopic (exact) mass is 430 g/mol. The third-order valence-electron chi connectivity index (χ3n) is 4.40. The number of aromatic nitrogens is 2. The molecule has 7 nitrogen and oxygen atoms in total. The first-order chi connectivity index (χ1) is 14.3. The summed E-state index contributed by atoms with van der Waals surface area (Å²) in [5.41, 5.74) is 0.951. The second kappa shape index (κ2) is 9.06. The van der Waals surface area contributed by atoms with Gasteiger partial charge in [-0.3, -0.25) is 14.6 Å². The Morgan fingerprint density at radius 1 is 1.30 bits per heavy atom. The Balaban J connectivity index is 2.01. The highest BCUT2D eigenvalue weighted by molar-refractivity contribution is 6.30. The van der Waals surface area contributed by atoms with Crippen LogP contribution < -0.4 is 16.2 Å². The molecule has 0 bridgehead atoms. The largest absolute Gasteiger partial charge is 0.394 e. The van der Waals surface area contributed by atoms with Gasteiger partial charge in [-0.1, -0.05) is 11.6 Å². The molecule has 2 aromatic heterocycles. The minimum atomic E-state index is -0.574. The van der Waals surface area contributed by atoms with Gasteiger partial charge >= 0.3 is 0 Å². The molecule has 0 saturated carbocycles. The molecular formula is C21H20ClFN4O3. The number of hydrogen-bond donors (Lipinski definition) is 3. The maximum Gasteiger partial charge on any atom is 0.258 e. The number of nitrogens with zero attached hydrogens (tertiary/aromatic N) is 2. The van der Waals surface area contributed by atoms with Crippen LogP contribution in [-0.2, 0) is 7.05 Å². The number of anilines is 2. The molecule has 3 N–H and O–H groups in total. The van der Waals surface area contributed by atoms with Gasteiger partial charge in [0.25, 0.3) is 11.5 Å². The molecule has 0 aliphatic carbocycles. The van der Waals surface area contributed by atoms with E-state index in [2.05, 4.69) is 15.6 Å². The lowest BCUT2D eigenvalue weighted by atomic mass is 10.1. The second-order valence-electron chi connectivity index (χ2n) is 6.79. The lowest BCUT2D eigenvalue weighted by molar-refractivity contribution is 0.0923. The molecule has 156 valence electrons. The van der Waals surface area contributed by atoms with Crippen LogP contribution in [0.5, 0.6) is 0 Å². The molecule has 0 unspecified atom stereocenters. The van der Waals surface area contributed by atoms with Crippen molar-refractivity contribution in [3.63, 3.8) is 0 Å². The SMILES string of the molecule is C[C@@H](CO)NC(=O)c1cnccc1Nc1cc(-c2cc(Cl)ccc2F)c(=O)n(C)c1. The molecule has 0 spiro atoms. The van der Waals surface area contributed by atoms with E-state index in [1.54, 1.807) is 20.0 Å². The highest BCUT2D eigenvalue weighted by Gasteiger charge is 2.16. The first-order valence-electron chi connectivity index (χ1n) is 9.09. The number of aliphatic hydroxyl groups excluding tert-OH is 1. The van der Waals surface area contributed by atoms with Crippen LogP contribution in [0.4, 0.5) is 15.8 Å². The number of benzene rings is 1. The van der Waals surface area contributed by atoms with Gasteiger partial charge in [0.05, 0.1) is 29.1 Å². The maximum atomic E-state index is 14.3. The van der Waals surface area contributed by atoms with Crippen LogP contribution in [0.1, 0.15) is 17.3 Å². The smallest absolute Gasteiger partial charge is 0.258 e. The van der Waals surface area contributed by atoms with Gasteiger partial charge in [0.2, 0.25) is 0 Å². The van der Waals surface area contributed by atoms with Crippen LogP contribution in [0, 0.1) is 5.82 Å². The van der Waals surface area contributed by atoms with Gasteiger partial charge < -0.3 is 20.3 Å². The summed E-state index contributed by atoms with van der Waals surface area (Å²) in [5, 5.41) is 15.2. The molecule has 0 aliphatic heterocycles. The van der Waals surface area contributed by atoms with E-state index in [1.165, 1.54) is 47.4 Å². The first-order valence-corrected chi connectivity index (χ1v) is 9.46. The summed E-state index contributed by atoms with van der Waals surface area (Å²) in [5.74, 6) is -0.992. The van der Waals surface area contributed by atoms with Crippen molar-refractivity contribution in [3.05, 3.63) is 75.7 Å². The number of rotatable bonds is 6. The molecule has 3 aromatic rings. The third-order valence-corrected chi connectivity index (χ3v) is 4.63. The summed E-state index contributed by atoms with van der Waals surface area (Å²) in [4.78, 5) is 29.1. The first kappa shape index (κ1) is 21.5. The minimum Gasteiger partial charge on any atom is -0.394 e. The Bertz CT molecular complexity index is 1150. The fourth-order valence-corrected chi connectivity index (χ4v) is 3.04. The summed E-state index contributed by atoms with van der Waals surface area (Å²) in [6.07, 6.45) is 4.43. The molecule has 0 saturated heterocycles. The predicted octanol–water partition coefficient (Wildman–Crippen LogP) is 3.09. The van der Waals surface area contributed by atoms with E-state index in [-0.39, 0.29) is 23.3 Å². The summed E-state index contributed by atoms with van der Waals surface area (Å²) in [7, 11) is 1.54. The number of pyridine rings is 2. The van der Waals surface area contributed by atoms with Crippen LogP contribution in [0.2, 0.25) is 5.02 Å². The van der Waals surface area contributed by atoms with Gasteiger partial charge in [0, 0.05) is 42.3 Å². The van der Waals surface area contributed by atoms with Crippen molar-refractivity contribution in [1.29, 1.82) is 0 Å². The summed E-state index contributed by atoms with van der Waals surface area (Å²) < 4.78 is 15.7. The molecule has 1 atom stereocenters. The standard InChI is InChI=1S/C21H20ClFN4O3/c1-12(11-28)25-20(29)17-9-24-6-5-19(17)26-14-8-16(21(30)27(2)10-14)15-7-13(22)3-4-18(15)23/h3-10,12,28H,11H2,1-2H3,(H,24,26)(H,25,29)/t12-/m0/s1. The van der Waals surface area contributed by atoms with Crippen molar-refractivity contribution in [2.45, 2.75) is 13.0 Å². The molecule has 1 aromatic carbocycles. The number of aliphatic hydroxyl groups is 1. The zero-order valence-electron chi connectivity index (χ0n) is 16.3. The van der Waals surface area contributed by atoms with E-state index in [4.69, 9.17) is 16.7 Å². The van der Waals surface area contributed by atoms with E-state index in [1.807, 2.05) is 0 Å². The number of aryl methyl sites for hydroxylation is 1. The maximum absolute atomic E-state index is 14.3. The Hall–Kier alpha value is -3.23. The van der Waals surface area contributed by atoms with Gasteiger partial charge in [-0.2, -0.15) is 0 Å². The van der Waals surface area contributed by atoms with E-state index in [0.29, 0.717) is 16.4 Å². The van der Waals surface area contributed by atoms with E-state index < -0.39 is 23.3 Å². The zero-order valence-corrected chi connectivity index (χ0v) is 17.1. The fraction of sp³-hybridized carbons (Fsp3) is 0.190. The van der Waals surface area contributed by atoms with Crippen molar-refractivity contribution in [3.8, 4) is 11.1 Å². The van der Waals surface area contributed by atoms with Gasteiger partial charge in [-0.25, -0.2) is 4.39 Å². The van der Waals surface area contributed by atoms with Crippen LogP contribution in [0.3, 0.4) is 0 Å².